The van der Waals surface area contributed by atoms with Gasteiger partial charge in [0.05, 0.1) is 0 Å². The summed E-state index contributed by atoms with van der Waals surface area (Å²) < 4.78 is 0.817. The summed E-state index contributed by atoms with van der Waals surface area (Å²) in [6.07, 6.45) is 4.25. The number of likely N-dealkylation sites (tertiary alicyclic amines) is 1. The summed E-state index contributed by atoms with van der Waals surface area (Å²) in [4.78, 5) is 28.1. The maximum absolute atomic E-state index is 12.1. The van der Waals surface area contributed by atoms with Gasteiger partial charge >= 0.3 is 0 Å². The molecule has 1 fully saturated rings. The number of imide groups is 1. The lowest BCUT2D eigenvalue weighted by Gasteiger charge is -2.13. The quantitative estimate of drug-likeness (QED) is 0.872. The maximum Gasteiger partial charge on any atom is 0.276 e. The first kappa shape index (κ1) is 12.4. The molecule has 1 saturated heterocycles. The van der Waals surface area contributed by atoms with Gasteiger partial charge in [-0.05, 0) is 34.3 Å². The Kier molecular flexibility index (Phi) is 3.66. The molecule has 0 aliphatic carbocycles. The number of aromatic nitrogens is 1. The third kappa shape index (κ3) is 2.60. The van der Waals surface area contributed by atoms with Crippen LogP contribution < -0.4 is 0 Å². The third-order valence-corrected chi connectivity index (χ3v) is 3.48. The number of amides is 2. The Labute approximate surface area is 109 Å². The van der Waals surface area contributed by atoms with E-state index in [0.717, 1.165) is 17.3 Å². The maximum atomic E-state index is 12.1. The molecule has 92 valence electrons. The van der Waals surface area contributed by atoms with E-state index in [1.165, 1.54) is 4.90 Å². The number of H-pyrrole nitrogens is 1. The van der Waals surface area contributed by atoms with Crippen LogP contribution in [-0.4, -0.2) is 28.2 Å². The number of carbonyl (C=O) groups excluding carboxylic acids is 2. The molecule has 5 heteroatoms. The van der Waals surface area contributed by atoms with Crippen LogP contribution in [-0.2, 0) is 4.79 Å². The monoisotopic (exact) mass is 298 g/mol. The molecule has 2 amide bonds. The normalized spacial score (nSPS) is 20.0. The topological polar surface area (TPSA) is 53.2 Å². The van der Waals surface area contributed by atoms with E-state index in [1.807, 2.05) is 0 Å². The first-order valence-corrected chi connectivity index (χ1v) is 6.59. The van der Waals surface area contributed by atoms with Crippen LogP contribution in [0.15, 0.2) is 16.7 Å². The fraction of sp³-hybridized carbons (Fsp3) is 0.500. The van der Waals surface area contributed by atoms with Crippen molar-refractivity contribution in [2.24, 2.45) is 5.92 Å². The second-order valence-electron chi connectivity index (χ2n) is 4.40. The number of carbonyl (C=O) groups is 2. The molecule has 1 aliphatic heterocycles. The molecular formula is C12H15BrN2O2. The molecule has 2 heterocycles. The van der Waals surface area contributed by atoms with E-state index in [-0.39, 0.29) is 11.8 Å². The summed E-state index contributed by atoms with van der Waals surface area (Å²) in [6, 6.07) is 1.70. The van der Waals surface area contributed by atoms with E-state index in [1.54, 1.807) is 12.3 Å². The van der Waals surface area contributed by atoms with E-state index in [4.69, 9.17) is 0 Å². The number of nitrogens with zero attached hydrogens (tertiary/aromatic N) is 1. The standard InChI is InChI=1S/C12H15BrN2O2/c1-2-3-8-4-11(16)15(7-8)12(17)10-5-9(13)6-14-10/h5-6,8,14H,2-4,7H2,1H3. The molecule has 1 N–H and O–H groups in total. The predicted octanol–water partition coefficient (Wildman–Crippen LogP) is 2.57. The Morgan fingerprint density at radius 1 is 1.65 bits per heavy atom. The SMILES string of the molecule is CCCC1CC(=O)N(C(=O)c2cc(Br)c[nH]2)C1. The molecule has 1 unspecified atom stereocenters. The van der Waals surface area contributed by atoms with E-state index in [0.29, 0.717) is 24.6 Å². The Bertz CT molecular complexity index is 441. The number of halogens is 1. The molecular weight excluding hydrogens is 284 g/mol. The number of hydrogen-bond donors (Lipinski definition) is 1. The minimum Gasteiger partial charge on any atom is -0.356 e. The minimum absolute atomic E-state index is 0.0563. The highest BCUT2D eigenvalue weighted by Gasteiger charge is 2.34. The van der Waals surface area contributed by atoms with Gasteiger partial charge in [-0.25, -0.2) is 0 Å². The summed E-state index contributed by atoms with van der Waals surface area (Å²) in [5.74, 6) is 0.0494. The van der Waals surface area contributed by atoms with Crippen LogP contribution >= 0.6 is 15.9 Å². The first-order chi connectivity index (χ1) is 8.11. The number of aromatic amines is 1. The highest BCUT2D eigenvalue weighted by molar-refractivity contribution is 9.10. The van der Waals surface area contributed by atoms with Gasteiger partial charge in [-0.15, -0.1) is 0 Å². The highest BCUT2D eigenvalue weighted by atomic mass is 79.9. The van der Waals surface area contributed by atoms with Crippen LogP contribution in [0.4, 0.5) is 0 Å². The minimum atomic E-state index is -0.223. The number of hydrogen-bond acceptors (Lipinski definition) is 2. The van der Waals surface area contributed by atoms with Crippen molar-refractivity contribution in [3.8, 4) is 0 Å². The van der Waals surface area contributed by atoms with Crippen LogP contribution in [0, 0.1) is 5.92 Å². The Morgan fingerprint density at radius 2 is 2.41 bits per heavy atom. The lowest BCUT2D eigenvalue weighted by Crippen LogP contribution is -2.32. The predicted molar refractivity (Wildman–Crippen MR) is 67.6 cm³/mol. The van der Waals surface area contributed by atoms with Crippen molar-refractivity contribution in [3.63, 3.8) is 0 Å². The van der Waals surface area contributed by atoms with Crippen LogP contribution in [0.2, 0.25) is 0 Å². The second-order valence-corrected chi connectivity index (χ2v) is 5.32. The molecule has 0 spiro atoms. The zero-order chi connectivity index (χ0) is 12.4. The van der Waals surface area contributed by atoms with Gasteiger partial charge in [-0.2, -0.15) is 0 Å². The molecule has 4 nitrogen and oxygen atoms in total. The number of nitrogens with one attached hydrogen (secondary N) is 1. The highest BCUT2D eigenvalue weighted by Crippen LogP contribution is 2.24. The van der Waals surface area contributed by atoms with Gasteiger partial charge in [-0.1, -0.05) is 13.3 Å². The third-order valence-electron chi connectivity index (χ3n) is 3.03. The lowest BCUT2D eigenvalue weighted by molar-refractivity contribution is -0.125. The Morgan fingerprint density at radius 3 is 3.00 bits per heavy atom. The van der Waals surface area contributed by atoms with Gasteiger partial charge < -0.3 is 4.98 Å². The van der Waals surface area contributed by atoms with Crippen molar-refractivity contribution in [1.29, 1.82) is 0 Å². The summed E-state index contributed by atoms with van der Waals surface area (Å²) in [5, 5.41) is 0. The molecule has 0 bridgehead atoms. The largest absolute Gasteiger partial charge is 0.356 e. The smallest absolute Gasteiger partial charge is 0.276 e. The van der Waals surface area contributed by atoms with Crippen LogP contribution in [0.5, 0.6) is 0 Å². The van der Waals surface area contributed by atoms with Gasteiger partial charge in [-0.3, -0.25) is 14.5 Å². The van der Waals surface area contributed by atoms with Gasteiger partial charge in [0.1, 0.15) is 5.69 Å². The molecule has 0 radical (unpaired) electrons. The molecule has 0 saturated carbocycles. The fourth-order valence-corrected chi connectivity index (χ4v) is 2.56. The van der Waals surface area contributed by atoms with Crippen LogP contribution in [0.3, 0.4) is 0 Å². The van der Waals surface area contributed by atoms with Crippen molar-refractivity contribution < 1.29 is 9.59 Å². The molecule has 1 aromatic rings. The lowest BCUT2D eigenvalue weighted by atomic mass is 10.0. The van der Waals surface area contributed by atoms with E-state index in [2.05, 4.69) is 27.8 Å². The van der Waals surface area contributed by atoms with Crippen molar-refractivity contribution in [2.75, 3.05) is 6.54 Å². The van der Waals surface area contributed by atoms with Crippen molar-refractivity contribution in [3.05, 3.63) is 22.4 Å². The fourth-order valence-electron chi connectivity index (χ4n) is 2.22. The molecule has 1 atom stereocenters. The van der Waals surface area contributed by atoms with E-state index in [9.17, 15) is 9.59 Å². The average Bonchev–Trinajstić information content (AvgIpc) is 2.85. The van der Waals surface area contributed by atoms with E-state index < -0.39 is 0 Å². The molecule has 17 heavy (non-hydrogen) atoms. The molecule has 2 rings (SSSR count). The summed E-state index contributed by atoms with van der Waals surface area (Å²) in [6.45, 7) is 2.65. The summed E-state index contributed by atoms with van der Waals surface area (Å²) in [7, 11) is 0. The van der Waals surface area contributed by atoms with Gasteiger partial charge in [0.15, 0.2) is 0 Å². The molecule has 1 aromatic heterocycles. The first-order valence-electron chi connectivity index (χ1n) is 5.80. The molecule has 1 aliphatic rings. The summed E-state index contributed by atoms with van der Waals surface area (Å²) >= 11 is 3.27. The van der Waals surface area contributed by atoms with Gasteiger partial charge in [0, 0.05) is 23.6 Å². The van der Waals surface area contributed by atoms with Gasteiger partial charge in [0.25, 0.3) is 5.91 Å². The average molecular weight is 299 g/mol. The van der Waals surface area contributed by atoms with Crippen molar-refractivity contribution in [1.82, 2.24) is 9.88 Å². The van der Waals surface area contributed by atoms with Crippen molar-refractivity contribution in [2.45, 2.75) is 26.2 Å². The second kappa shape index (κ2) is 5.04. The van der Waals surface area contributed by atoms with Crippen LogP contribution in [0.25, 0.3) is 0 Å². The van der Waals surface area contributed by atoms with Gasteiger partial charge in [0.2, 0.25) is 5.91 Å². The molecule has 0 aromatic carbocycles. The number of rotatable bonds is 3. The zero-order valence-electron chi connectivity index (χ0n) is 9.70. The van der Waals surface area contributed by atoms with Crippen LogP contribution in [0.1, 0.15) is 36.7 Å². The van der Waals surface area contributed by atoms with Crippen molar-refractivity contribution >= 4 is 27.7 Å². The Balaban J connectivity index is 2.08. The van der Waals surface area contributed by atoms with E-state index >= 15 is 0 Å². The zero-order valence-corrected chi connectivity index (χ0v) is 11.3. The summed E-state index contributed by atoms with van der Waals surface area (Å²) in [5.41, 5.74) is 0.461. The Hall–Kier alpha value is -1.10.